The zero-order valence-electron chi connectivity index (χ0n) is 22.1. The number of methoxy groups -OCH3 is 2. The number of halogens is 1. The molecule has 0 fully saturated rings. The zero-order valence-corrected chi connectivity index (χ0v) is 23.7. The van der Waals surface area contributed by atoms with Gasteiger partial charge < -0.3 is 19.0 Å². The van der Waals surface area contributed by atoms with Gasteiger partial charge in [0.15, 0.2) is 5.92 Å². The van der Waals surface area contributed by atoms with E-state index in [2.05, 4.69) is 5.16 Å². The molecule has 0 bridgehead atoms. The third kappa shape index (κ3) is 6.70. The Morgan fingerprint density at radius 3 is 2.30 bits per heavy atom. The van der Waals surface area contributed by atoms with Gasteiger partial charge in [-0.15, -0.1) is 0 Å². The summed E-state index contributed by atoms with van der Waals surface area (Å²) in [5.41, 5.74) is 3.74. The molecule has 0 saturated carbocycles. The van der Waals surface area contributed by atoms with Gasteiger partial charge in [-0.25, -0.2) is 0 Å². The predicted octanol–water partition coefficient (Wildman–Crippen LogP) is 4.70. The number of thiazole rings is 1. The Morgan fingerprint density at radius 2 is 1.65 bits per heavy atom. The van der Waals surface area contributed by atoms with Gasteiger partial charge in [0.2, 0.25) is 0 Å². The van der Waals surface area contributed by atoms with Crippen molar-refractivity contribution in [3.05, 3.63) is 98.1 Å². The van der Waals surface area contributed by atoms with Crippen LogP contribution in [0.15, 0.2) is 76.7 Å². The molecule has 208 valence electrons. The number of hydrogen-bond acceptors (Lipinski definition) is 9. The molecule has 0 amide bonds. The molecule has 3 aromatic carbocycles. The van der Waals surface area contributed by atoms with Crippen LogP contribution in [0.5, 0.6) is 5.75 Å². The molecule has 4 rings (SSSR count). The van der Waals surface area contributed by atoms with Gasteiger partial charge in [-0.2, -0.15) is 0 Å². The maximum atomic E-state index is 12.8. The summed E-state index contributed by atoms with van der Waals surface area (Å²) >= 11 is 7.31. The number of esters is 2. The number of rotatable bonds is 11. The first kappa shape index (κ1) is 28.8. The number of carbonyl (C=O) groups excluding carboxylic acids is 2. The van der Waals surface area contributed by atoms with E-state index in [0.717, 1.165) is 38.2 Å². The van der Waals surface area contributed by atoms with Gasteiger partial charge >= 0.3 is 16.8 Å². The van der Waals surface area contributed by atoms with Crippen molar-refractivity contribution in [2.45, 2.75) is 13.0 Å². The summed E-state index contributed by atoms with van der Waals surface area (Å²) in [7, 11) is 3.93. The molecule has 0 saturated heterocycles. The van der Waals surface area contributed by atoms with Crippen LogP contribution in [0.4, 0.5) is 0 Å². The number of hydrogen-bond donors (Lipinski definition) is 0. The van der Waals surface area contributed by atoms with Crippen molar-refractivity contribution in [1.82, 2.24) is 4.57 Å². The topological polar surface area (TPSA) is 105 Å². The fourth-order valence-electron chi connectivity index (χ4n) is 4.18. The first-order valence-electron chi connectivity index (χ1n) is 12.2. The highest BCUT2D eigenvalue weighted by molar-refractivity contribution is 7.16. The van der Waals surface area contributed by atoms with E-state index in [0.29, 0.717) is 23.0 Å². The summed E-state index contributed by atoms with van der Waals surface area (Å²) in [5.74, 6) is -1.75. The fourth-order valence-corrected chi connectivity index (χ4v) is 5.33. The van der Waals surface area contributed by atoms with Crippen LogP contribution in [-0.4, -0.2) is 50.2 Å². The standard InChI is InChI=1S/C29H27ClN2O7S/c1-36-27(33)23(28(34)37-2)15-18-7-10-22(11-8-18)39-14-13-32-24-12-9-20(17-25(24)40-29(32)35)26(31-38-3)19-5-4-6-21(30)16-19/h4-12,16-17,23H,13-15H2,1-3H3/b31-26-. The highest BCUT2D eigenvalue weighted by atomic mass is 35.5. The highest BCUT2D eigenvalue weighted by Crippen LogP contribution is 2.23. The van der Waals surface area contributed by atoms with Gasteiger partial charge in [0.25, 0.3) is 0 Å². The molecule has 4 aromatic rings. The first-order chi connectivity index (χ1) is 19.3. The molecule has 0 unspecified atom stereocenters. The number of ether oxygens (including phenoxy) is 3. The van der Waals surface area contributed by atoms with E-state index in [4.69, 9.17) is 30.6 Å². The van der Waals surface area contributed by atoms with Gasteiger partial charge in [0.05, 0.1) is 31.0 Å². The molecule has 0 N–H and O–H groups in total. The van der Waals surface area contributed by atoms with E-state index in [1.807, 2.05) is 30.3 Å². The van der Waals surface area contributed by atoms with Crippen molar-refractivity contribution in [3.63, 3.8) is 0 Å². The molecule has 0 aliphatic heterocycles. The quantitative estimate of drug-likeness (QED) is 0.109. The molecule has 11 heteroatoms. The van der Waals surface area contributed by atoms with Crippen LogP contribution in [0.1, 0.15) is 16.7 Å². The SMILES string of the molecule is CO/N=C(/c1cccc(Cl)c1)c1ccc2c(c1)sc(=O)n2CCOc1ccc(CC(C(=O)OC)C(=O)OC)cc1. The Hall–Kier alpha value is -4.15. The fraction of sp³-hybridized carbons (Fsp3) is 0.241. The molecule has 9 nitrogen and oxygen atoms in total. The van der Waals surface area contributed by atoms with Crippen molar-refractivity contribution in [2.75, 3.05) is 27.9 Å². The maximum Gasteiger partial charge on any atom is 0.320 e. The highest BCUT2D eigenvalue weighted by Gasteiger charge is 2.28. The predicted molar refractivity (Wildman–Crippen MR) is 153 cm³/mol. The summed E-state index contributed by atoms with van der Waals surface area (Å²) in [5, 5.41) is 4.77. The van der Waals surface area contributed by atoms with Crippen LogP contribution in [0.25, 0.3) is 10.2 Å². The van der Waals surface area contributed by atoms with Crippen molar-refractivity contribution in [1.29, 1.82) is 0 Å². The van der Waals surface area contributed by atoms with E-state index in [-0.39, 0.29) is 17.9 Å². The second-order valence-corrected chi connectivity index (χ2v) is 10.1. The van der Waals surface area contributed by atoms with Crippen molar-refractivity contribution < 1.29 is 28.6 Å². The lowest BCUT2D eigenvalue weighted by atomic mass is 9.99. The average molecular weight is 583 g/mol. The van der Waals surface area contributed by atoms with Crippen LogP contribution < -0.4 is 9.61 Å². The van der Waals surface area contributed by atoms with Gasteiger partial charge in [-0.1, -0.05) is 58.4 Å². The lowest BCUT2D eigenvalue weighted by Gasteiger charge is -2.13. The maximum absolute atomic E-state index is 12.8. The van der Waals surface area contributed by atoms with Crippen LogP contribution >= 0.6 is 22.9 Å². The second-order valence-electron chi connectivity index (χ2n) is 8.63. The molecule has 0 atom stereocenters. The smallest absolute Gasteiger partial charge is 0.320 e. The number of benzene rings is 3. The summed E-state index contributed by atoms with van der Waals surface area (Å²) in [6, 6.07) is 20.0. The average Bonchev–Trinajstić information content (AvgIpc) is 3.28. The minimum Gasteiger partial charge on any atom is -0.492 e. The Bertz CT molecular complexity index is 1580. The van der Waals surface area contributed by atoms with Gasteiger partial charge in [0, 0.05) is 16.1 Å². The Morgan fingerprint density at radius 1 is 0.950 bits per heavy atom. The van der Waals surface area contributed by atoms with E-state index in [9.17, 15) is 14.4 Å². The van der Waals surface area contributed by atoms with Gasteiger partial charge in [0.1, 0.15) is 25.2 Å². The third-order valence-corrected chi connectivity index (χ3v) is 7.32. The van der Waals surface area contributed by atoms with Crippen LogP contribution in [0, 0.1) is 5.92 Å². The zero-order chi connectivity index (χ0) is 28.6. The lowest BCUT2D eigenvalue weighted by Crippen LogP contribution is -2.28. The summed E-state index contributed by atoms with van der Waals surface area (Å²) in [4.78, 5) is 41.6. The normalized spacial score (nSPS) is 11.5. The van der Waals surface area contributed by atoms with Gasteiger partial charge in [-0.05, 0) is 48.4 Å². The molecule has 0 spiro atoms. The van der Waals surface area contributed by atoms with Crippen molar-refractivity contribution in [2.24, 2.45) is 11.1 Å². The summed E-state index contributed by atoms with van der Waals surface area (Å²) in [6.45, 7) is 0.610. The van der Waals surface area contributed by atoms with Crippen molar-refractivity contribution >= 4 is 50.8 Å². The Kier molecular flexibility index (Phi) is 9.57. The number of aromatic nitrogens is 1. The van der Waals surface area contributed by atoms with Crippen molar-refractivity contribution in [3.8, 4) is 5.75 Å². The number of fused-ring (bicyclic) bond motifs is 1. The molecule has 0 radical (unpaired) electrons. The monoisotopic (exact) mass is 582 g/mol. The van der Waals surface area contributed by atoms with E-state index >= 15 is 0 Å². The lowest BCUT2D eigenvalue weighted by molar-refractivity contribution is -0.158. The minimum absolute atomic E-state index is 0.101. The molecule has 1 aromatic heterocycles. The summed E-state index contributed by atoms with van der Waals surface area (Å²) in [6.07, 6.45) is 0.145. The summed E-state index contributed by atoms with van der Waals surface area (Å²) < 4.78 is 17.7. The molecular formula is C29H27ClN2O7S. The molecule has 1 heterocycles. The van der Waals surface area contributed by atoms with Gasteiger partial charge in [-0.3, -0.25) is 19.0 Å². The molecule has 0 aliphatic rings. The van der Waals surface area contributed by atoms with Crippen LogP contribution in [0.3, 0.4) is 0 Å². The number of carbonyl (C=O) groups is 2. The number of nitrogens with zero attached hydrogens (tertiary/aromatic N) is 2. The first-order valence-corrected chi connectivity index (χ1v) is 13.4. The molecular weight excluding hydrogens is 556 g/mol. The third-order valence-electron chi connectivity index (χ3n) is 6.14. The van der Waals surface area contributed by atoms with E-state index in [1.165, 1.54) is 21.3 Å². The Labute approximate surface area is 239 Å². The van der Waals surface area contributed by atoms with E-state index < -0.39 is 17.9 Å². The number of oxime groups is 1. The molecule has 0 aliphatic carbocycles. The minimum atomic E-state index is -1.04. The Balaban J connectivity index is 1.44. The van der Waals surface area contributed by atoms with E-state index in [1.54, 1.807) is 41.0 Å². The largest absolute Gasteiger partial charge is 0.492 e. The van der Waals surface area contributed by atoms with Crippen LogP contribution in [0.2, 0.25) is 5.02 Å². The second kappa shape index (κ2) is 13.3. The molecule has 40 heavy (non-hydrogen) atoms. The van der Waals surface area contributed by atoms with Crippen LogP contribution in [-0.2, 0) is 36.9 Å².